The van der Waals surface area contributed by atoms with E-state index in [9.17, 15) is 14.7 Å². The molecule has 176 valence electrons. The molecule has 0 fully saturated rings. The molecule has 5 heteroatoms. The van der Waals surface area contributed by atoms with E-state index in [-0.39, 0.29) is 12.2 Å². The highest BCUT2D eigenvalue weighted by molar-refractivity contribution is 6.10. The van der Waals surface area contributed by atoms with Crippen molar-refractivity contribution >= 4 is 17.4 Å². The Bertz CT molecular complexity index is 1400. The second-order valence-electron chi connectivity index (χ2n) is 9.35. The summed E-state index contributed by atoms with van der Waals surface area (Å²) in [4.78, 5) is 28.4. The maximum absolute atomic E-state index is 13.5. The fourth-order valence-electron chi connectivity index (χ4n) is 4.92. The number of carbonyl (C=O) groups excluding carboxylic acids is 2. The molecule has 0 radical (unpaired) electrons. The molecule has 0 unspecified atom stereocenters. The Morgan fingerprint density at radius 3 is 2.11 bits per heavy atom. The van der Waals surface area contributed by atoms with Crippen LogP contribution in [0.4, 0.5) is 5.69 Å². The molecule has 1 aromatic heterocycles. The van der Waals surface area contributed by atoms with Crippen LogP contribution in [0.5, 0.6) is 0 Å². The predicted octanol–water partition coefficient (Wildman–Crippen LogP) is 5.41. The van der Waals surface area contributed by atoms with E-state index in [1.165, 1.54) is 0 Å². The number of nitrogens with zero attached hydrogens (tertiary/aromatic N) is 2. The number of aromatic nitrogens is 1. The van der Waals surface area contributed by atoms with Crippen molar-refractivity contribution in [3.05, 3.63) is 119 Å². The zero-order valence-electron chi connectivity index (χ0n) is 20.2. The lowest BCUT2D eigenvalue weighted by atomic mass is 9.88. The van der Waals surface area contributed by atoms with Gasteiger partial charge in [0.2, 0.25) is 0 Å². The molecule has 1 amide bonds. The first-order chi connectivity index (χ1) is 16.8. The van der Waals surface area contributed by atoms with Gasteiger partial charge in [-0.25, -0.2) is 0 Å². The molecular formula is C30H28N2O3. The second kappa shape index (κ2) is 8.67. The van der Waals surface area contributed by atoms with E-state index in [2.05, 4.69) is 16.7 Å². The molecule has 35 heavy (non-hydrogen) atoms. The Balaban J connectivity index is 1.41. The standard InChI is InChI=1S/C30H28N2O3/c1-20-8-12-23(13-9-20)19-31-27-7-5-4-6-26(27)30(35,29(31)34)18-28(33)24-14-16-25(17-15-24)32-21(2)10-11-22(32)3/h4-17,35H,18-19H2,1-3H3/t30-/m0/s1. The highest BCUT2D eigenvalue weighted by Gasteiger charge is 2.50. The first-order valence-electron chi connectivity index (χ1n) is 11.8. The van der Waals surface area contributed by atoms with Crippen molar-refractivity contribution in [1.82, 2.24) is 4.57 Å². The summed E-state index contributed by atoms with van der Waals surface area (Å²) in [7, 11) is 0. The number of rotatable bonds is 6. The highest BCUT2D eigenvalue weighted by Crippen LogP contribution is 2.43. The van der Waals surface area contributed by atoms with E-state index in [0.717, 1.165) is 28.2 Å². The van der Waals surface area contributed by atoms with E-state index in [4.69, 9.17) is 0 Å². The van der Waals surface area contributed by atoms with Gasteiger partial charge in [0.15, 0.2) is 11.4 Å². The van der Waals surface area contributed by atoms with Crippen LogP contribution in [0.1, 0.15) is 44.9 Å². The largest absolute Gasteiger partial charge is 0.375 e. The number of para-hydroxylation sites is 1. The lowest BCUT2D eigenvalue weighted by Gasteiger charge is -2.23. The zero-order valence-corrected chi connectivity index (χ0v) is 20.2. The quantitative estimate of drug-likeness (QED) is 0.388. The Labute approximate surface area is 205 Å². The summed E-state index contributed by atoms with van der Waals surface area (Å²) >= 11 is 0. The van der Waals surface area contributed by atoms with Crippen molar-refractivity contribution in [3.8, 4) is 5.69 Å². The van der Waals surface area contributed by atoms with Crippen molar-refractivity contribution in [1.29, 1.82) is 0 Å². The molecular weight excluding hydrogens is 436 g/mol. The van der Waals surface area contributed by atoms with Crippen molar-refractivity contribution < 1.29 is 14.7 Å². The number of benzene rings is 3. The SMILES string of the molecule is Cc1ccc(CN2C(=O)[C@](O)(CC(=O)c3ccc(-n4c(C)ccc4C)cc3)c3ccccc32)cc1. The Kier molecular flexibility index (Phi) is 5.65. The molecule has 0 saturated carbocycles. The minimum atomic E-state index is -1.90. The van der Waals surface area contributed by atoms with Crippen LogP contribution in [0.3, 0.4) is 0 Å². The van der Waals surface area contributed by atoms with Crippen molar-refractivity contribution in [2.45, 2.75) is 39.3 Å². The molecule has 0 spiro atoms. The fraction of sp³-hybridized carbons (Fsp3) is 0.200. The Morgan fingerprint density at radius 1 is 0.829 bits per heavy atom. The van der Waals surface area contributed by atoms with Crippen LogP contribution in [0.2, 0.25) is 0 Å². The van der Waals surface area contributed by atoms with E-state index >= 15 is 0 Å². The number of hydrogen-bond donors (Lipinski definition) is 1. The van der Waals surface area contributed by atoms with Gasteiger partial charge < -0.3 is 14.6 Å². The van der Waals surface area contributed by atoms with Crippen LogP contribution in [-0.2, 0) is 16.9 Å². The van der Waals surface area contributed by atoms with Gasteiger partial charge in [0.05, 0.1) is 18.7 Å². The number of ketones is 1. The topological polar surface area (TPSA) is 62.5 Å². The van der Waals surface area contributed by atoms with E-state index in [1.807, 2.05) is 69.3 Å². The van der Waals surface area contributed by atoms with Crippen LogP contribution < -0.4 is 4.90 Å². The van der Waals surface area contributed by atoms with E-state index < -0.39 is 11.5 Å². The van der Waals surface area contributed by atoms with Gasteiger partial charge >= 0.3 is 0 Å². The summed E-state index contributed by atoms with van der Waals surface area (Å²) in [5.41, 5.74) is 4.96. The van der Waals surface area contributed by atoms with E-state index in [0.29, 0.717) is 23.4 Å². The molecule has 1 atom stereocenters. The minimum absolute atomic E-state index is 0.277. The predicted molar refractivity (Wildman–Crippen MR) is 137 cm³/mol. The number of aliphatic hydroxyl groups is 1. The number of amides is 1. The molecule has 1 N–H and O–H groups in total. The number of Topliss-reactive ketones (excluding diaryl/α,β-unsaturated/α-hetero) is 1. The second-order valence-corrected chi connectivity index (χ2v) is 9.35. The molecule has 5 nitrogen and oxygen atoms in total. The van der Waals surface area contributed by atoms with E-state index in [1.54, 1.807) is 29.2 Å². The highest BCUT2D eigenvalue weighted by atomic mass is 16.3. The summed E-state index contributed by atoms with van der Waals surface area (Å²) in [6, 6.07) is 26.5. The third-order valence-corrected chi connectivity index (χ3v) is 6.84. The molecule has 5 rings (SSSR count). The average Bonchev–Trinajstić information content (AvgIpc) is 3.30. The van der Waals surface area contributed by atoms with Gasteiger partial charge in [-0.1, -0.05) is 48.0 Å². The number of aryl methyl sites for hydroxylation is 3. The van der Waals surface area contributed by atoms with Gasteiger partial charge in [0.1, 0.15) is 0 Å². The first-order valence-corrected chi connectivity index (χ1v) is 11.8. The van der Waals surface area contributed by atoms with Gasteiger partial charge in [-0.15, -0.1) is 0 Å². The third-order valence-electron chi connectivity index (χ3n) is 6.84. The molecule has 3 aromatic carbocycles. The lowest BCUT2D eigenvalue weighted by Crippen LogP contribution is -2.41. The Morgan fingerprint density at radius 2 is 1.46 bits per heavy atom. The number of fused-ring (bicyclic) bond motifs is 1. The van der Waals surface area contributed by atoms with Crippen LogP contribution in [0.25, 0.3) is 5.69 Å². The number of hydrogen-bond acceptors (Lipinski definition) is 3. The lowest BCUT2D eigenvalue weighted by molar-refractivity contribution is -0.136. The van der Waals surface area contributed by atoms with Crippen molar-refractivity contribution in [2.24, 2.45) is 0 Å². The third kappa shape index (κ3) is 3.98. The van der Waals surface area contributed by atoms with Gasteiger partial charge in [-0.05, 0) is 68.8 Å². The van der Waals surface area contributed by atoms with Gasteiger partial charge in [-0.3, -0.25) is 9.59 Å². The minimum Gasteiger partial charge on any atom is -0.375 e. The molecule has 1 aliphatic rings. The maximum atomic E-state index is 13.5. The Hall–Kier alpha value is -3.96. The van der Waals surface area contributed by atoms with Crippen LogP contribution in [0, 0.1) is 20.8 Å². The van der Waals surface area contributed by atoms with Gasteiger partial charge in [0, 0.05) is 28.2 Å². The first kappa shape index (κ1) is 22.8. The number of anilines is 1. The van der Waals surface area contributed by atoms with Crippen LogP contribution in [-0.4, -0.2) is 21.4 Å². The van der Waals surface area contributed by atoms with Gasteiger partial charge in [-0.2, -0.15) is 0 Å². The van der Waals surface area contributed by atoms with Crippen LogP contribution >= 0.6 is 0 Å². The molecule has 1 aliphatic heterocycles. The smallest absolute Gasteiger partial charge is 0.264 e. The summed E-state index contributed by atoms with van der Waals surface area (Å²) in [6.45, 7) is 6.41. The molecule has 0 bridgehead atoms. The normalized spacial score (nSPS) is 17.0. The molecule has 4 aromatic rings. The molecule has 2 heterocycles. The summed E-state index contributed by atoms with van der Waals surface area (Å²) in [6.07, 6.45) is -0.311. The zero-order chi connectivity index (χ0) is 24.7. The monoisotopic (exact) mass is 464 g/mol. The maximum Gasteiger partial charge on any atom is 0.264 e. The van der Waals surface area contributed by atoms with Crippen LogP contribution in [0.15, 0.2) is 84.9 Å². The van der Waals surface area contributed by atoms with Gasteiger partial charge in [0.25, 0.3) is 5.91 Å². The molecule has 0 saturated heterocycles. The fourth-order valence-corrected chi connectivity index (χ4v) is 4.92. The average molecular weight is 465 g/mol. The molecule has 0 aliphatic carbocycles. The number of carbonyl (C=O) groups is 2. The van der Waals surface area contributed by atoms with Crippen molar-refractivity contribution in [3.63, 3.8) is 0 Å². The van der Waals surface area contributed by atoms with Crippen molar-refractivity contribution in [2.75, 3.05) is 4.90 Å². The summed E-state index contributed by atoms with van der Waals surface area (Å²) in [5.74, 6) is -0.747. The summed E-state index contributed by atoms with van der Waals surface area (Å²) < 4.78 is 2.11. The summed E-state index contributed by atoms with van der Waals surface area (Å²) in [5, 5.41) is 11.6.